The summed E-state index contributed by atoms with van der Waals surface area (Å²) in [5, 5.41) is 26.9. The van der Waals surface area contributed by atoms with E-state index in [1.54, 1.807) is 25.0 Å². The zero-order chi connectivity index (χ0) is 19.6. The van der Waals surface area contributed by atoms with E-state index < -0.39 is 23.7 Å². The standard InChI is InChI=1S/C19H22N6O3/c1-20-16-12-17(24-11(23-16)6-5-9-3-4-9)25(8-22-12)13-10-7-19(10,18(28)21-2)15(27)14(13)26/h8-10,13-15,26-27H,3-4,7H2,1-2H3,(H,21,28)(H,20,23,24)/t10?,13-,14+,15?,19-/m1/s1. The van der Waals surface area contributed by atoms with Gasteiger partial charge in [0.25, 0.3) is 0 Å². The summed E-state index contributed by atoms with van der Waals surface area (Å²) < 4.78 is 1.76. The Labute approximate surface area is 161 Å². The van der Waals surface area contributed by atoms with E-state index in [1.165, 1.54) is 0 Å². The third kappa shape index (κ3) is 2.28. The zero-order valence-corrected chi connectivity index (χ0v) is 15.7. The highest BCUT2D eigenvalue weighted by atomic mass is 16.3. The molecule has 3 aliphatic rings. The molecule has 9 nitrogen and oxygen atoms in total. The second kappa shape index (κ2) is 5.90. The average molecular weight is 382 g/mol. The van der Waals surface area contributed by atoms with Crippen molar-refractivity contribution in [2.45, 2.75) is 37.5 Å². The Hall–Kier alpha value is -2.70. The van der Waals surface area contributed by atoms with Crippen LogP contribution in [0.15, 0.2) is 6.33 Å². The average Bonchev–Trinajstić information content (AvgIpc) is 3.61. The van der Waals surface area contributed by atoms with Gasteiger partial charge in [0.1, 0.15) is 6.10 Å². The maximum absolute atomic E-state index is 12.4. The van der Waals surface area contributed by atoms with Gasteiger partial charge in [-0.3, -0.25) is 4.79 Å². The van der Waals surface area contributed by atoms with Crippen LogP contribution in [0.4, 0.5) is 5.82 Å². The first-order valence-electron chi connectivity index (χ1n) is 9.53. The van der Waals surface area contributed by atoms with Crippen LogP contribution >= 0.6 is 0 Å². The number of carbonyl (C=O) groups excluding carboxylic acids is 1. The Morgan fingerprint density at radius 1 is 1.32 bits per heavy atom. The number of imidazole rings is 1. The number of carbonyl (C=O) groups is 1. The molecule has 3 fully saturated rings. The van der Waals surface area contributed by atoms with Crippen molar-refractivity contribution >= 4 is 22.9 Å². The predicted octanol–water partition coefficient (Wildman–Crippen LogP) is -0.342. The number of hydrogen-bond acceptors (Lipinski definition) is 7. The summed E-state index contributed by atoms with van der Waals surface area (Å²) in [6.45, 7) is 0. The van der Waals surface area contributed by atoms with Gasteiger partial charge in [0.2, 0.25) is 11.7 Å². The predicted molar refractivity (Wildman–Crippen MR) is 100 cm³/mol. The van der Waals surface area contributed by atoms with Crippen molar-refractivity contribution in [2.24, 2.45) is 17.3 Å². The van der Waals surface area contributed by atoms with E-state index in [0.29, 0.717) is 35.1 Å². The van der Waals surface area contributed by atoms with Crippen molar-refractivity contribution in [1.82, 2.24) is 24.8 Å². The molecule has 2 heterocycles. The van der Waals surface area contributed by atoms with Crippen LogP contribution in [-0.4, -0.2) is 61.9 Å². The van der Waals surface area contributed by atoms with Crippen molar-refractivity contribution in [2.75, 3.05) is 19.4 Å². The second-order valence-electron chi connectivity index (χ2n) is 7.87. The van der Waals surface area contributed by atoms with Crippen LogP contribution in [0.25, 0.3) is 11.2 Å². The molecule has 2 aromatic heterocycles. The lowest BCUT2D eigenvalue weighted by atomic mass is 9.98. The topological polar surface area (TPSA) is 125 Å². The Morgan fingerprint density at radius 2 is 2.11 bits per heavy atom. The molecule has 0 saturated heterocycles. The summed E-state index contributed by atoms with van der Waals surface area (Å²) >= 11 is 0. The lowest BCUT2D eigenvalue weighted by Crippen LogP contribution is -2.41. The summed E-state index contributed by atoms with van der Waals surface area (Å²) in [4.78, 5) is 25.8. The van der Waals surface area contributed by atoms with Gasteiger partial charge in [-0.15, -0.1) is 0 Å². The van der Waals surface area contributed by atoms with E-state index in [2.05, 4.69) is 37.4 Å². The van der Waals surface area contributed by atoms with Crippen LogP contribution < -0.4 is 10.6 Å². The van der Waals surface area contributed by atoms with E-state index in [-0.39, 0.29) is 11.8 Å². The third-order valence-electron chi connectivity index (χ3n) is 6.27. The first kappa shape index (κ1) is 17.4. The molecule has 4 N–H and O–H groups in total. The summed E-state index contributed by atoms with van der Waals surface area (Å²) in [5.41, 5.74) is 0.165. The van der Waals surface area contributed by atoms with E-state index in [1.807, 2.05) is 0 Å². The monoisotopic (exact) mass is 382 g/mol. The summed E-state index contributed by atoms with van der Waals surface area (Å²) in [6, 6.07) is -0.485. The van der Waals surface area contributed by atoms with Gasteiger partial charge in [0.15, 0.2) is 17.0 Å². The molecule has 0 spiro atoms. The Balaban J connectivity index is 1.59. The Kier molecular flexibility index (Phi) is 3.66. The fourth-order valence-corrected chi connectivity index (χ4v) is 4.55. The van der Waals surface area contributed by atoms with Crippen molar-refractivity contribution in [3.8, 4) is 11.8 Å². The number of nitrogens with zero attached hydrogens (tertiary/aromatic N) is 4. The van der Waals surface area contributed by atoms with Crippen molar-refractivity contribution in [3.05, 3.63) is 12.2 Å². The first-order valence-corrected chi connectivity index (χ1v) is 9.53. The van der Waals surface area contributed by atoms with Crippen LogP contribution in [-0.2, 0) is 4.79 Å². The van der Waals surface area contributed by atoms with Gasteiger partial charge in [-0.25, -0.2) is 15.0 Å². The van der Waals surface area contributed by atoms with Crippen molar-refractivity contribution < 1.29 is 15.0 Å². The van der Waals surface area contributed by atoms with Crippen LogP contribution in [0.3, 0.4) is 0 Å². The minimum absolute atomic E-state index is 0.177. The maximum Gasteiger partial charge on any atom is 0.229 e. The van der Waals surface area contributed by atoms with Gasteiger partial charge in [-0.1, -0.05) is 5.92 Å². The van der Waals surface area contributed by atoms with Crippen molar-refractivity contribution in [1.29, 1.82) is 0 Å². The van der Waals surface area contributed by atoms with Gasteiger partial charge >= 0.3 is 0 Å². The Morgan fingerprint density at radius 3 is 2.79 bits per heavy atom. The number of aliphatic hydroxyl groups excluding tert-OH is 2. The van der Waals surface area contributed by atoms with E-state index in [0.717, 1.165) is 12.8 Å². The third-order valence-corrected chi connectivity index (χ3v) is 6.27. The molecule has 0 aliphatic heterocycles. The lowest BCUT2D eigenvalue weighted by Gasteiger charge is -2.23. The smallest absolute Gasteiger partial charge is 0.229 e. The number of hydrogen-bond donors (Lipinski definition) is 4. The highest BCUT2D eigenvalue weighted by molar-refractivity contribution is 5.88. The summed E-state index contributed by atoms with van der Waals surface area (Å²) in [5.74, 6) is 7.15. The van der Waals surface area contributed by atoms with Crippen molar-refractivity contribution in [3.63, 3.8) is 0 Å². The molecule has 2 aromatic rings. The van der Waals surface area contributed by atoms with E-state index in [9.17, 15) is 15.0 Å². The summed E-state index contributed by atoms with van der Waals surface area (Å²) in [6.07, 6.45) is 2.13. The number of nitrogens with one attached hydrogen (secondary N) is 2. The first-order chi connectivity index (χ1) is 13.5. The quantitative estimate of drug-likeness (QED) is 0.535. The second-order valence-corrected chi connectivity index (χ2v) is 7.87. The molecule has 0 aromatic carbocycles. The number of amides is 1. The molecule has 146 valence electrons. The fourth-order valence-electron chi connectivity index (χ4n) is 4.55. The van der Waals surface area contributed by atoms with Gasteiger partial charge in [0.05, 0.1) is 23.9 Å². The number of anilines is 1. The molecule has 9 heteroatoms. The van der Waals surface area contributed by atoms with Gasteiger partial charge in [-0.05, 0) is 25.2 Å². The molecule has 3 saturated carbocycles. The van der Waals surface area contributed by atoms with Gasteiger partial charge in [-0.2, -0.15) is 0 Å². The molecule has 2 unspecified atom stereocenters. The number of fused-ring (bicyclic) bond motifs is 2. The van der Waals surface area contributed by atoms with Gasteiger partial charge in [0, 0.05) is 25.9 Å². The molecule has 5 atom stereocenters. The van der Waals surface area contributed by atoms with Crippen LogP contribution in [0.2, 0.25) is 0 Å². The minimum Gasteiger partial charge on any atom is -0.389 e. The lowest BCUT2D eigenvalue weighted by molar-refractivity contribution is -0.132. The number of aromatic nitrogens is 4. The molecule has 28 heavy (non-hydrogen) atoms. The molecular weight excluding hydrogens is 360 g/mol. The molecule has 0 bridgehead atoms. The fraction of sp³-hybridized carbons (Fsp3) is 0.579. The Bertz CT molecular complexity index is 1040. The van der Waals surface area contributed by atoms with Crippen LogP contribution in [0, 0.1) is 29.1 Å². The van der Waals surface area contributed by atoms with Gasteiger partial charge < -0.3 is 25.4 Å². The molecular formula is C19H22N6O3. The maximum atomic E-state index is 12.4. The molecule has 1 amide bonds. The van der Waals surface area contributed by atoms with E-state index in [4.69, 9.17) is 0 Å². The number of aliphatic hydroxyl groups is 2. The van der Waals surface area contributed by atoms with E-state index >= 15 is 0 Å². The minimum atomic E-state index is -1.13. The summed E-state index contributed by atoms with van der Waals surface area (Å²) in [7, 11) is 3.30. The highest BCUT2D eigenvalue weighted by Gasteiger charge is 2.75. The van der Waals surface area contributed by atoms with Crippen LogP contribution in [0.5, 0.6) is 0 Å². The zero-order valence-electron chi connectivity index (χ0n) is 15.7. The number of rotatable bonds is 3. The normalized spacial score (nSPS) is 33.1. The SMILES string of the molecule is CNC(=O)[C@]12CC1[C@@H](n1cnc3c(NC)nc(C#CC4CC4)nc31)[C@H](O)C2O. The van der Waals surface area contributed by atoms with Crippen LogP contribution in [0.1, 0.15) is 31.1 Å². The largest absolute Gasteiger partial charge is 0.389 e. The molecule has 3 aliphatic carbocycles. The molecule has 0 radical (unpaired) electrons. The highest BCUT2D eigenvalue weighted by Crippen LogP contribution is 2.67. The molecule has 5 rings (SSSR count).